The van der Waals surface area contributed by atoms with Gasteiger partial charge in [0.25, 0.3) is 0 Å². The molecular formula is C24H26N2O4. The van der Waals surface area contributed by atoms with E-state index in [1.165, 1.54) is 6.92 Å². The normalized spacial score (nSPS) is 23.1. The van der Waals surface area contributed by atoms with Gasteiger partial charge in [-0.25, -0.2) is 0 Å². The molecule has 2 atom stereocenters. The van der Waals surface area contributed by atoms with Gasteiger partial charge in [0.2, 0.25) is 18.0 Å². The maximum atomic E-state index is 13.5. The smallest absolute Gasteiger partial charge is 0.304 e. The van der Waals surface area contributed by atoms with Crippen molar-refractivity contribution < 1.29 is 19.1 Å². The van der Waals surface area contributed by atoms with Crippen LogP contribution in [0.2, 0.25) is 0 Å². The number of anilines is 2. The van der Waals surface area contributed by atoms with Crippen LogP contribution in [0.1, 0.15) is 46.1 Å². The fraction of sp³-hybridized carbons (Fsp3) is 0.375. The fourth-order valence-corrected chi connectivity index (χ4v) is 4.59. The number of hydrogen-bond donors (Lipinski definition) is 0. The molecule has 6 heteroatoms. The highest BCUT2D eigenvalue weighted by Crippen LogP contribution is 2.55. The minimum absolute atomic E-state index is 0.0572. The second kappa shape index (κ2) is 6.97. The van der Waals surface area contributed by atoms with Gasteiger partial charge in [-0.2, -0.15) is 0 Å². The van der Waals surface area contributed by atoms with Crippen molar-refractivity contribution in [3.05, 3.63) is 60.2 Å². The van der Waals surface area contributed by atoms with Gasteiger partial charge in [-0.3, -0.25) is 24.2 Å². The summed E-state index contributed by atoms with van der Waals surface area (Å²) in [6.07, 6.45) is -0.187. The van der Waals surface area contributed by atoms with Crippen molar-refractivity contribution in [3.8, 4) is 0 Å². The first-order chi connectivity index (χ1) is 14.2. The Balaban J connectivity index is 1.98. The summed E-state index contributed by atoms with van der Waals surface area (Å²) >= 11 is 0. The second-order valence-electron chi connectivity index (χ2n) is 8.89. The molecule has 4 rings (SSSR count). The highest BCUT2D eigenvalue weighted by molar-refractivity contribution is 6.04. The summed E-state index contributed by atoms with van der Waals surface area (Å²) < 4.78 is 5.83. The van der Waals surface area contributed by atoms with Gasteiger partial charge >= 0.3 is 5.97 Å². The number of fused-ring (bicyclic) bond motifs is 2. The Bertz CT molecular complexity index is 1010. The van der Waals surface area contributed by atoms with E-state index in [9.17, 15) is 14.4 Å². The third kappa shape index (κ3) is 2.90. The van der Waals surface area contributed by atoms with Crippen molar-refractivity contribution in [2.75, 3.05) is 9.80 Å². The third-order valence-corrected chi connectivity index (χ3v) is 5.79. The average molecular weight is 406 g/mol. The number of esters is 1. The Hall–Kier alpha value is -3.15. The maximum Gasteiger partial charge on any atom is 0.304 e. The van der Waals surface area contributed by atoms with E-state index in [4.69, 9.17) is 4.74 Å². The van der Waals surface area contributed by atoms with Gasteiger partial charge in [0, 0.05) is 30.0 Å². The van der Waals surface area contributed by atoms with E-state index >= 15 is 0 Å². The summed E-state index contributed by atoms with van der Waals surface area (Å²) in [6.45, 7) is 6.84. The first-order valence-electron chi connectivity index (χ1n) is 10.2. The summed E-state index contributed by atoms with van der Waals surface area (Å²) in [5, 5.41) is 0. The first kappa shape index (κ1) is 20.1. The molecule has 2 amide bonds. The van der Waals surface area contributed by atoms with Crippen LogP contribution in [0.3, 0.4) is 0 Å². The third-order valence-electron chi connectivity index (χ3n) is 5.79. The maximum absolute atomic E-state index is 13.5. The molecular weight excluding hydrogens is 380 g/mol. The van der Waals surface area contributed by atoms with Crippen LogP contribution in [-0.2, 0) is 24.7 Å². The van der Waals surface area contributed by atoms with Crippen LogP contribution in [0.25, 0.3) is 0 Å². The van der Waals surface area contributed by atoms with E-state index in [0.29, 0.717) is 18.5 Å². The van der Waals surface area contributed by atoms with Gasteiger partial charge in [-0.1, -0.05) is 57.2 Å². The lowest BCUT2D eigenvalue weighted by Crippen LogP contribution is -2.58. The number of ether oxygens (including phenoxy) is 1. The standard InChI is InChI=1S/C24H26N2O4/c1-16(27)30-22-24(15-14-20(28)26(24)17-10-6-5-7-11-17)18-12-8-9-13-19(18)25(22)21(29)23(2,3)4/h5-13,22H,14-15H2,1-4H3/t22-,24+/m1/s1. The molecule has 0 aromatic heterocycles. The lowest BCUT2D eigenvalue weighted by Gasteiger charge is -2.42. The van der Waals surface area contributed by atoms with E-state index < -0.39 is 23.2 Å². The lowest BCUT2D eigenvalue weighted by molar-refractivity contribution is -0.151. The Morgan fingerprint density at radius 2 is 1.67 bits per heavy atom. The summed E-state index contributed by atoms with van der Waals surface area (Å²) in [5.74, 6) is -0.713. The molecule has 1 fully saturated rings. The highest BCUT2D eigenvalue weighted by Gasteiger charge is 2.63. The molecule has 1 spiro atoms. The molecule has 30 heavy (non-hydrogen) atoms. The largest absolute Gasteiger partial charge is 0.438 e. The van der Waals surface area contributed by atoms with E-state index in [0.717, 1.165) is 11.3 Å². The molecule has 2 aromatic carbocycles. The molecule has 2 aliphatic heterocycles. The predicted octanol–water partition coefficient (Wildman–Crippen LogP) is 3.99. The van der Waals surface area contributed by atoms with Crippen LogP contribution in [0, 0.1) is 5.41 Å². The summed E-state index contributed by atoms with van der Waals surface area (Å²) in [5.41, 5.74) is 0.554. The minimum atomic E-state index is -0.971. The average Bonchev–Trinajstić information content (AvgIpc) is 3.17. The van der Waals surface area contributed by atoms with Crippen LogP contribution in [0.5, 0.6) is 0 Å². The molecule has 0 radical (unpaired) electrons. The quantitative estimate of drug-likeness (QED) is 0.708. The number of nitrogens with zero attached hydrogens (tertiary/aromatic N) is 2. The molecule has 0 unspecified atom stereocenters. The number of carbonyl (C=O) groups excluding carboxylic acids is 3. The van der Waals surface area contributed by atoms with E-state index in [1.54, 1.807) is 9.80 Å². The number of carbonyl (C=O) groups is 3. The SMILES string of the molecule is CC(=O)O[C@H]1N(C(=O)C(C)(C)C)c2ccccc2[C@@]12CCC(=O)N2c1ccccc1. The van der Waals surface area contributed by atoms with Crippen LogP contribution in [0.15, 0.2) is 54.6 Å². The Morgan fingerprint density at radius 3 is 2.30 bits per heavy atom. The van der Waals surface area contributed by atoms with Gasteiger partial charge in [0.05, 0.1) is 5.69 Å². The summed E-state index contributed by atoms with van der Waals surface area (Å²) in [4.78, 5) is 42.1. The topological polar surface area (TPSA) is 66.9 Å². The van der Waals surface area contributed by atoms with Crippen molar-refractivity contribution in [1.82, 2.24) is 0 Å². The molecule has 2 aromatic rings. The second-order valence-corrected chi connectivity index (χ2v) is 8.89. The number of amides is 2. The summed E-state index contributed by atoms with van der Waals surface area (Å²) in [6, 6.07) is 16.9. The van der Waals surface area contributed by atoms with Crippen molar-refractivity contribution in [1.29, 1.82) is 0 Å². The fourth-order valence-electron chi connectivity index (χ4n) is 4.59. The molecule has 0 saturated carbocycles. The van der Waals surface area contributed by atoms with Crippen molar-refractivity contribution in [3.63, 3.8) is 0 Å². The Morgan fingerprint density at radius 1 is 1.03 bits per heavy atom. The molecule has 156 valence electrons. The Labute approximate surface area is 176 Å². The monoisotopic (exact) mass is 406 g/mol. The molecule has 2 aliphatic rings. The minimum Gasteiger partial charge on any atom is -0.438 e. The summed E-state index contributed by atoms with van der Waals surface area (Å²) in [7, 11) is 0. The van der Waals surface area contributed by atoms with E-state index in [-0.39, 0.29) is 11.8 Å². The molecule has 0 bridgehead atoms. The molecule has 0 aliphatic carbocycles. The van der Waals surface area contributed by atoms with Crippen LogP contribution in [0.4, 0.5) is 11.4 Å². The molecule has 1 saturated heterocycles. The van der Waals surface area contributed by atoms with Gasteiger partial charge in [-0.15, -0.1) is 0 Å². The van der Waals surface area contributed by atoms with Gasteiger partial charge in [0.1, 0.15) is 5.54 Å². The number of rotatable bonds is 2. The van der Waals surface area contributed by atoms with Crippen molar-refractivity contribution >= 4 is 29.2 Å². The predicted molar refractivity (Wildman–Crippen MR) is 114 cm³/mol. The zero-order valence-electron chi connectivity index (χ0n) is 17.7. The lowest BCUT2D eigenvalue weighted by atomic mass is 9.87. The van der Waals surface area contributed by atoms with Crippen molar-refractivity contribution in [2.45, 2.75) is 52.3 Å². The number of para-hydroxylation sites is 2. The zero-order valence-corrected chi connectivity index (χ0v) is 17.7. The molecule has 6 nitrogen and oxygen atoms in total. The molecule has 0 N–H and O–H groups in total. The van der Waals surface area contributed by atoms with Crippen molar-refractivity contribution in [2.24, 2.45) is 5.41 Å². The Kier molecular flexibility index (Phi) is 4.68. The van der Waals surface area contributed by atoms with Crippen LogP contribution in [-0.4, -0.2) is 24.0 Å². The van der Waals surface area contributed by atoms with Gasteiger partial charge < -0.3 is 4.74 Å². The van der Waals surface area contributed by atoms with E-state index in [2.05, 4.69) is 0 Å². The zero-order chi connectivity index (χ0) is 21.7. The number of benzene rings is 2. The first-order valence-corrected chi connectivity index (χ1v) is 10.2. The van der Waals surface area contributed by atoms with Crippen LogP contribution < -0.4 is 9.80 Å². The highest BCUT2D eigenvalue weighted by atomic mass is 16.6. The van der Waals surface area contributed by atoms with E-state index in [1.807, 2.05) is 75.4 Å². The van der Waals surface area contributed by atoms with Gasteiger partial charge in [0.15, 0.2) is 0 Å². The van der Waals surface area contributed by atoms with Crippen LogP contribution >= 0.6 is 0 Å². The van der Waals surface area contributed by atoms with Gasteiger partial charge in [-0.05, 0) is 24.6 Å². The number of hydrogen-bond acceptors (Lipinski definition) is 4. The molecule has 2 heterocycles.